The molecule has 1 aliphatic rings. The minimum Gasteiger partial charge on any atom is -0.340 e. The van der Waals surface area contributed by atoms with Gasteiger partial charge in [0.25, 0.3) is 0 Å². The maximum Gasteiger partial charge on any atom is 0.236 e. The summed E-state index contributed by atoms with van der Waals surface area (Å²) in [4.78, 5) is 16.6. The maximum absolute atomic E-state index is 12.5. The molecule has 1 aromatic carbocycles. The van der Waals surface area contributed by atoms with Crippen LogP contribution in [0, 0.1) is 5.92 Å². The minimum absolute atomic E-state index is 0. The van der Waals surface area contributed by atoms with Crippen molar-refractivity contribution in [1.29, 1.82) is 0 Å². The summed E-state index contributed by atoms with van der Waals surface area (Å²) in [5.41, 5.74) is 2.54. The zero-order valence-corrected chi connectivity index (χ0v) is 16.8. The van der Waals surface area contributed by atoms with Crippen LogP contribution in [0.15, 0.2) is 24.3 Å². The lowest BCUT2D eigenvalue weighted by atomic mass is 9.93. The van der Waals surface area contributed by atoms with Crippen LogP contribution >= 0.6 is 12.4 Å². The Bertz CT molecular complexity index is 498. The van der Waals surface area contributed by atoms with Gasteiger partial charge in [0.2, 0.25) is 5.91 Å². The zero-order valence-electron chi connectivity index (χ0n) is 16.0. The van der Waals surface area contributed by atoms with E-state index in [9.17, 15) is 4.79 Å². The van der Waals surface area contributed by atoms with Gasteiger partial charge in [0.15, 0.2) is 0 Å². The Labute approximate surface area is 159 Å². The predicted octanol–water partition coefficient (Wildman–Crippen LogP) is 2.95. The first-order chi connectivity index (χ1) is 11.6. The number of piperidine rings is 1. The molecular formula is C20H34ClN3O. The first-order valence-electron chi connectivity index (χ1n) is 9.31. The Morgan fingerprint density at radius 3 is 2.36 bits per heavy atom. The molecule has 142 valence electrons. The normalized spacial score (nSPS) is 15.6. The van der Waals surface area contributed by atoms with Crippen LogP contribution in [0.1, 0.15) is 37.3 Å². The van der Waals surface area contributed by atoms with Crippen molar-refractivity contribution in [3.8, 4) is 0 Å². The van der Waals surface area contributed by atoms with Crippen LogP contribution in [-0.4, -0.2) is 56.0 Å². The molecule has 1 heterocycles. The second-order valence-electron chi connectivity index (χ2n) is 7.03. The maximum atomic E-state index is 12.5. The van der Waals surface area contributed by atoms with Gasteiger partial charge >= 0.3 is 0 Å². The summed E-state index contributed by atoms with van der Waals surface area (Å²) in [5, 5.41) is 3.23. The third-order valence-corrected chi connectivity index (χ3v) is 5.15. The molecule has 0 radical (unpaired) electrons. The van der Waals surface area contributed by atoms with Gasteiger partial charge in [-0.05, 0) is 69.4 Å². The highest BCUT2D eigenvalue weighted by molar-refractivity contribution is 5.85. The lowest BCUT2D eigenvalue weighted by molar-refractivity contribution is -0.132. The number of benzene rings is 1. The smallest absolute Gasteiger partial charge is 0.236 e. The van der Waals surface area contributed by atoms with Gasteiger partial charge in [-0.15, -0.1) is 12.4 Å². The Morgan fingerprint density at radius 1 is 1.20 bits per heavy atom. The monoisotopic (exact) mass is 367 g/mol. The third kappa shape index (κ3) is 7.35. The summed E-state index contributed by atoms with van der Waals surface area (Å²) < 4.78 is 0. The Hall–Kier alpha value is -1.10. The molecule has 0 saturated carbocycles. The molecule has 0 unspecified atom stereocenters. The van der Waals surface area contributed by atoms with Gasteiger partial charge in [0.05, 0.1) is 6.54 Å². The van der Waals surface area contributed by atoms with E-state index in [1.165, 1.54) is 30.4 Å². The second kappa shape index (κ2) is 11.5. The van der Waals surface area contributed by atoms with Crippen LogP contribution in [0.25, 0.3) is 0 Å². The average Bonchev–Trinajstić information content (AvgIpc) is 2.61. The van der Waals surface area contributed by atoms with Crippen LogP contribution < -0.4 is 5.32 Å². The molecule has 1 fully saturated rings. The first kappa shape index (κ1) is 21.9. The van der Waals surface area contributed by atoms with E-state index in [-0.39, 0.29) is 18.3 Å². The number of carbonyl (C=O) groups excluding carboxylic acids is 1. The van der Waals surface area contributed by atoms with Crippen molar-refractivity contribution in [1.82, 2.24) is 15.1 Å². The topological polar surface area (TPSA) is 35.6 Å². The van der Waals surface area contributed by atoms with Crippen molar-refractivity contribution in [2.75, 3.05) is 40.3 Å². The van der Waals surface area contributed by atoms with Crippen molar-refractivity contribution in [3.63, 3.8) is 0 Å². The molecular weight excluding hydrogens is 334 g/mol. The van der Waals surface area contributed by atoms with Crippen molar-refractivity contribution < 1.29 is 4.79 Å². The quantitative estimate of drug-likeness (QED) is 0.767. The average molecular weight is 368 g/mol. The van der Waals surface area contributed by atoms with Crippen LogP contribution in [0.4, 0.5) is 0 Å². The summed E-state index contributed by atoms with van der Waals surface area (Å²) >= 11 is 0. The molecule has 1 aliphatic heterocycles. The van der Waals surface area contributed by atoms with E-state index >= 15 is 0 Å². The van der Waals surface area contributed by atoms with Crippen molar-refractivity contribution >= 4 is 18.3 Å². The zero-order chi connectivity index (χ0) is 17.4. The van der Waals surface area contributed by atoms with E-state index in [0.29, 0.717) is 13.1 Å². The number of hydrogen-bond acceptors (Lipinski definition) is 3. The molecule has 1 aromatic rings. The molecule has 25 heavy (non-hydrogen) atoms. The number of aryl methyl sites for hydroxylation is 1. The van der Waals surface area contributed by atoms with Gasteiger partial charge < -0.3 is 10.2 Å². The van der Waals surface area contributed by atoms with Crippen molar-refractivity contribution in [2.45, 2.75) is 39.2 Å². The number of likely N-dealkylation sites (N-methyl/N-ethyl adjacent to an activating group) is 1. The summed E-state index contributed by atoms with van der Waals surface area (Å²) in [6.45, 7) is 6.62. The minimum atomic E-state index is 0. The van der Waals surface area contributed by atoms with Crippen LogP contribution in [0.5, 0.6) is 0 Å². The van der Waals surface area contributed by atoms with Gasteiger partial charge in [0.1, 0.15) is 0 Å². The van der Waals surface area contributed by atoms with E-state index < -0.39 is 0 Å². The predicted molar refractivity (Wildman–Crippen MR) is 107 cm³/mol. The van der Waals surface area contributed by atoms with Gasteiger partial charge in [-0.25, -0.2) is 0 Å². The molecule has 0 bridgehead atoms. The number of likely N-dealkylation sites (tertiary alicyclic amines) is 1. The molecule has 1 N–H and O–H groups in total. The number of carbonyl (C=O) groups is 1. The third-order valence-electron chi connectivity index (χ3n) is 5.15. The molecule has 0 aromatic heterocycles. The first-order valence-corrected chi connectivity index (χ1v) is 9.31. The standard InChI is InChI=1S/C20H33N3O.ClH/c1-4-17-5-7-19(8-6-17)15-22(3)20(24)16-23-13-10-18(11-14-23)9-12-21-2;/h5-8,18,21H,4,9-16H2,1-3H3;1H. The van der Waals surface area contributed by atoms with E-state index in [0.717, 1.165) is 32.0 Å². The van der Waals surface area contributed by atoms with Gasteiger partial charge in [-0.2, -0.15) is 0 Å². The molecule has 0 aliphatic carbocycles. The fraction of sp³-hybridized carbons (Fsp3) is 0.650. The highest BCUT2D eigenvalue weighted by Crippen LogP contribution is 2.20. The fourth-order valence-electron chi connectivity index (χ4n) is 3.34. The Balaban J connectivity index is 0.00000312. The van der Waals surface area contributed by atoms with E-state index in [2.05, 4.69) is 41.4 Å². The molecule has 1 saturated heterocycles. The van der Waals surface area contributed by atoms with Crippen molar-refractivity contribution in [3.05, 3.63) is 35.4 Å². The lowest BCUT2D eigenvalue weighted by Crippen LogP contribution is -2.42. The van der Waals surface area contributed by atoms with Crippen LogP contribution in [-0.2, 0) is 17.8 Å². The number of nitrogens with one attached hydrogen (secondary N) is 1. The Kier molecular flexibility index (Phi) is 10.1. The second-order valence-corrected chi connectivity index (χ2v) is 7.03. The SMILES string of the molecule is CCc1ccc(CN(C)C(=O)CN2CCC(CCNC)CC2)cc1.Cl. The van der Waals surface area contributed by atoms with Gasteiger partial charge in [-0.3, -0.25) is 9.69 Å². The summed E-state index contributed by atoms with van der Waals surface area (Å²) in [6.07, 6.45) is 4.75. The molecule has 1 amide bonds. The van der Waals surface area contributed by atoms with E-state index in [1.54, 1.807) is 0 Å². The number of amides is 1. The molecule has 0 atom stereocenters. The molecule has 0 spiro atoms. The van der Waals surface area contributed by atoms with Gasteiger partial charge in [-0.1, -0.05) is 31.2 Å². The van der Waals surface area contributed by atoms with Crippen LogP contribution in [0.2, 0.25) is 0 Å². The number of halogens is 1. The largest absolute Gasteiger partial charge is 0.340 e. The summed E-state index contributed by atoms with van der Waals surface area (Å²) in [6, 6.07) is 8.58. The fourth-order valence-corrected chi connectivity index (χ4v) is 3.34. The van der Waals surface area contributed by atoms with E-state index in [1.807, 2.05) is 19.0 Å². The number of nitrogens with zero attached hydrogens (tertiary/aromatic N) is 2. The molecule has 2 rings (SSSR count). The van der Waals surface area contributed by atoms with E-state index in [4.69, 9.17) is 0 Å². The summed E-state index contributed by atoms with van der Waals surface area (Å²) in [7, 11) is 3.93. The Morgan fingerprint density at radius 2 is 1.80 bits per heavy atom. The highest BCUT2D eigenvalue weighted by atomic mass is 35.5. The van der Waals surface area contributed by atoms with Crippen LogP contribution in [0.3, 0.4) is 0 Å². The highest BCUT2D eigenvalue weighted by Gasteiger charge is 2.21. The number of hydrogen-bond donors (Lipinski definition) is 1. The van der Waals surface area contributed by atoms with Gasteiger partial charge in [0, 0.05) is 13.6 Å². The van der Waals surface area contributed by atoms with Crippen molar-refractivity contribution in [2.24, 2.45) is 5.92 Å². The lowest BCUT2D eigenvalue weighted by Gasteiger charge is -2.32. The summed E-state index contributed by atoms with van der Waals surface area (Å²) in [5.74, 6) is 1.04. The number of rotatable bonds is 8. The molecule has 4 nitrogen and oxygen atoms in total. The molecule has 5 heteroatoms.